The van der Waals surface area contributed by atoms with E-state index >= 15 is 0 Å². The van der Waals surface area contributed by atoms with Gasteiger partial charge in [-0.25, -0.2) is 18.2 Å². The Kier molecular flexibility index (Phi) is 4.43. The molecule has 11 heteroatoms. The van der Waals surface area contributed by atoms with Crippen LogP contribution < -0.4 is 4.74 Å². The highest BCUT2D eigenvalue weighted by Gasteiger charge is 2.63. The molecule has 0 bridgehead atoms. The van der Waals surface area contributed by atoms with Gasteiger partial charge in [0.15, 0.2) is 23.8 Å². The number of halogens is 6. The molecular formula is C18H10F6N2O3. The van der Waals surface area contributed by atoms with Crippen molar-refractivity contribution < 1.29 is 40.6 Å². The van der Waals surface area contributed by atoms with Crippen molar-refractivity contribution in [2.24, 2.45) is 0 Å². The van der Waals surface area contributed by atoms with Crippen LogP contribution in [-0.2, 0) is 21.4 Å². The van der Waals surface area contributed by atoms with Crippen LogP contribution in [0.4, 0.5) is 26.3 Å². The van der Waals surface area contributed by atoms with E-state index in [1.807, 2.05) is 0 Å². The van der Waals surface area contributed by atoms with Gasteiger partial charge in [-0.05, 0) is 12.1 Å². The lowest BCUT2D eigenvalue weighted by atomic mass is 10.0. The molecule has 2 aromatic rings. The van der Waals surface area contributed by atoms with Gasteiger partial charge >= 0.3 is 6.18 Å². The van der Waals surface area contributed by atoms with Crippen LogP contribution in [0, 0.1) is 17.1 Å². The molecule has 1 aromatic heterocycles. The summed E-state index contributed by atoms with van der Waals surface area (Å²) in [6.07, 6.45) is -9.67. The first-order valence-corrected chi connectivity index (χ1v) is 8.22. The third-order valence-electron chi connectivity index (χ3n) is 4.54. The Labute approximate surface area is 159 Å². The number of benzene rings is 1. The van der Waals surface area contributed by atoms with Gasteiger partial charge in [0, 0.05) is 11.6 Å². The molecule has 1 aliphatic carbocycles. The second-order valence-corrected chi connectivity index (χ2v) is 6.31. The average molecular weight is 416 g/mol. The van der Waals surface area contributed by atoms with Crippen LogP contribution in [-0.4, -0.2) is 24.4 Å². The molecule has 2 atom stereocenters. The van der Waals surface area contributed by atoms with Crippen LogP contribution in [0.25, 0.3) is 0 Å². The number of rotatable bonds is 2. The normalized spacial score (nSPS) is 22.5. The number of hydrogen-bond acceptors (Lipinski definition) is 5. The van der Waals surface area contributed by atoms with Gasteiger partial charge in [-0.3, -0.25) is 0 Å². The fourth-order valence-electron chi connectivity index (χ4n) is 3.45. The Bertz CT molecular complexity index is 1010. The topological polar surface area (TPSA) is 64.4 Å². The van der Waals surface area contributed by atoms with Crippen molar-refractivity contribution in [2.45, 2.75) is 24.3 Å². The molecule has 152 valence electrons. The maximum atomic E-state index is 14.8. The van der Waals surface area contributed by atoms with E-state index in [-0.39, 0.29) is 24.5 Å². The van der Waals surface area contributed by atoms with Crippen molar-refractivity contribution in [3.05, 3.63) is 52.6 Å². The Hall–Kier alpha value is -2.84. The second-order valence-electron chi connectivity index (χ2n) is 6.31. The zero-order valence-electron chi connectivity index (χ0n) is 14.3. The van der Waals surface area contributed by atoms with Crippen LogP contribution in [0.1, 0.15) is 28.6 Å². The molecule has 0 saturated carbocycles. The van der Waals surface area contributed by atoms with Gasteiger partial charge in [-0.2, -0.15) is 18.4 Å². The fraction of sp³-hybridized carbons (Fsp3) is 0.333. The first-order chi connectivity index (χ1) is 13.7. The van der Waals surface area contributed by atoms with Crippen molar-refractivity contribution in [2.75, 3.05) is 13.2 Å². The SMILES string of the molecule is N#Cc1cc(F)cc(Oc2cnc(C(F)(F)F)c3c2[C@@H](F)[C@@H](F)C32OCCO2)c1. The minimum Gasteiger partial charge on any atom is -0.455 e. The van der Waals surface area contributed by atoms with E-state index in [0.29, 0.717) is 6.20 Å². The molecular weight excluding hydrogens is 406 g/mol. The van der Waals surface area contributed by atoms with Crippen LogP contribution >= 0.6 is 0 Å². The molecule has 2 heterocycles. The largest absolute Gasteiger partial charge is 0.455 e. The van der Waals surface area contributed by atoms with Gasteiger partial charge in [0.25, 0.3) is 0 Å². The molecule has 1 aromatic carbocycles. The quantitative estimate of drug-likeness (QED) is 0.677. The highest BCUT2D eigenvalue weighted by Crippen LogP contribution is 2.57. The highest BCUT2D eigenvalue weighted by atomic mass is 19.4. The summed E-state index contributed by atoms with van der Waals surface area (Å²) in [5.74, 6) is -4.35. The Morgan fingerprint density at radius 2 is 1.86 bits per heavy atom. The molecule has 0 amide bonds. The number of pyridine rings is 1. The van der Waals surface area contributed by atoms with Gasteiger partial charge < -0.3 is 14.2 Å². The van der Waals surface area contributed by atoms with Crippen molar-refractivity contribution in [1.29, 1.82) is 5.26 Å². The molecule has 0 unspecified atom stereocenters. The minimum absolute atomic E-state index is 0.143. The number of fused-ring (bicyclic) bond motifs is 2. The smallest absolute Gasteiger partial charge is 0.433 e. The standard InChI is InChI=1S/C18H10F6N2O3/c19-9-3-8(6-25)4-10(5-9)29-11-7-26-16(18(22,23)24)13-12(11)14(20)15(21)17(13)27-1-2-28-17/h3-5,7,14-15H,1-2H2/t14-,15-/m1/s1. The zero-order valence-corrected chi connectivity index (χ0v) is 14.3. The number of nitrogens with zero attached hydrogens (tertiary/aromatic N) is 2. The predicted octanol–water partition coefficient (Wildman–Crippen LogP) is 4.47. The lowest BCUT2D eigenvalue weighted by Gasteiger charge is -2.27. The first-order valence-electron chi connectivity index (χ1n) is 8.22. The van der Waals surface area contributed by atoms with Crippen molar-refractivity contribution in [3.63, 3.8) is 0 Å². The van der Waals surface area contributed by atoms with Crippen molar-refractivity contribution >= 4 is 0 Å². The van der Waals surface area contributed by atoms with E-state index in [4.69, 9.17) is 19.5 Å². The molecule has 5 nitrogen and oxygen atoms in total. The molecule has 1 aliphatic heterocycles. The van der Waals surface area contributed by atoms with Crippen LogP contribution in [0.15, 0.2) is 24.4 Å². The van der Waals surface area contributed by atoms with E-state index in [9.17, 15) is 26.3 Å². The second kappa shape index (κ2) is 6.60. The summed E-state index contributed by atoms with van der Waals surface area (Å²) in [5.41, 5.74) is -3.45. The minimum atomic E-state index is -5.05. The molecule has 2 aliphatic rings. The molecule has 1 spiro atoms. The summed E-state index contributed by atoms with van der Waals surface area (Å²) in [4.78, 5) is 3.27. The van der Waals surface area contributed by atoms with Gasteiger partial charge in [-0.15, -0.1) is 0 Å². The molecule has 4 rings (SSSR count). The van der Waals surface area contributed by atoms with Gasteiger partial charge in [0.1, 0.15) is 11.6 Å². The third kappa shape index (κ3) is 2.99. The highest BCUT2D eigenvalue weighted by molar-refractivity contribution is 5.53. The number of alkyl halides is 5. The summed E-state index contributed by atoms with van der Waals surface area (Å²) >= 11 is 0. The summed E-state index contributed by atoms with van der Waals surface area (Å²) < 4.78 is 99.1. The van der Waals surface area contributed by atoms with E-state index in [1.165, 1.54) is 0 Å². The molecule has 1 saturated heterocycles. The molecule has 1 fully saturated rings. The maximum Gasteiger partial charge on any atom is 0.433 e. The predicted molar refractivity (Wildman–Crippen MR) is 82.8 cm³/mol. The van der Waals surface area contributed by atoms with Gasteiger partial charge in [0.2, 0.25) is 5.79 Å². The number of nitriles is 1. The van der Waals surface area contributed by atoms with Gasteiger partial charge in [-0.1, -0.05) is 0 Å². The van der Waals surface area contributed by atoms with E-state index < -0.39 is 52.7 Å². The number of hydrogen-bond donors (Lipinski definition) is 0. The Morgan fingerprint density at radius 1 is 1.17 bits per heavy atom. The van der Waals surface area contributed by atoms with Crippen molar-refractivity contribution in [1.82, 2.24) is 4.98 Å². The Balaban J connectivity index is 1.90. The summed E-state index contributed by atoms with van der Waals surface area (Å²) in [5, 5.41) is 8.90. The number of ether oxygens (including phenoxy) is 3. The summed E-state index contributed by atoms with van der Waals surface area (Å²) in [6.45, 7) is -0.491. The van der Waals surface area contributed by atoms with E-state index in [2.05, 4.69) is 4.98 Å². The Morgan fingerprint density at radius 3 is 2.48 bits per heavy atom. The summed E-state index contributed by atoms with van der Waals surface area (Å²) in [6, 6.07) is 4.48. The summed E-state index contributed by atoms with van der Waals surface area (Å²) in [7, 11) is 0. The first kappa shape index (κ1) is 19.5. The monoisotopic (exact) mass is 416 g/mol. The zero-order chi connectivity index (χ0) is 21.0. The third-order valence-corrected chi connectivity index (χ3v) is 4.54. The number of aromatic nitrogens is 1. The van der Waals surface area contributed by atoms with Crippen LogP contribution in [0.3, 0.4) is 0 Å². The van der Waals surface area contributed by atoms with E-state index in [0.717, 1.165) is 18.2 Å². The molecule has 29 heavy (non-hydrogen) atoms. The fourth-order valence-corrected chi connectivity index (χ4v) is 3.45. The van der Waals surface area contributed by atoms with Crippen LogP contribution in [0.2, 0.25) is 0 Å². The molecule has 0 N–H and O–H groups in total. The van der Waals surface area contributed by atoms with Crippen LogP contribution in [0.5, 0.6) is 11.5 Å². The molecule has 0 radical (unpaired) electrons. The average Bonchev–Trinajstić information content (AvgIpc) is 3.22. The van der Waals surface area contributed by atoms with Gasteiger partial charge in [0.05, 0.1) is 36.6 Å². The maximum absolute atomic E-state index is 14.8. The lowest BCUT2D eigenvalue weighted by Crippen LogP contribution is -2.36. The lowest BCUT2D eigenvalue weighted by molar-refractivity contribution is -0.217. The van der Waals surface area contributed by atoms with E-state index in [1.54, 1.807) is 6.07 Å². The van der Waals surface area contributed by atoms with Crippen molar-refractivity contribution in [3.8, 4) is 17.6 Å².